The molecule has 4 nitrogen and oxygen atoms in total. The van der Waals surface area contributed by atoms with Gasteiger partial charge in [-0.25, -0.2) is 4.79 Å². The lowest BCUT2D eigenvalue weighted by Gasteiger charge is -2.12. The fraction of sp³-hybridized carbons (Fsp3) is 0.0526. The number of aromatic nitrogens is 1. The van der Waals surface area contributed by atoms with E-state index in [0.717, 1.165) is 16.7 Å². The highest BCUT2D eigenvalue weighted by Crippen LogP contribution is 2.23. The van der Waals surface area contributed by atoms with E-state index in [9.17, 15) is 9.59 Å². The Kier molecular flexibility index (Phi) is 4.06. The molecule has 0 saturated heterocycles. The smallest absolute Gasteiger partial charge is 0.341 e. The summed E-state index contributed by atoms with van der Waals surface area (Å²) in [6.07, 6.45) is 1.61. The Hall–Kier alpha value is -3.14. The van der Waals surface area contributed by atoms with Crippen LogP contribution in [-0.4, -0.2) is 15.6 Å². The summed E-state index contributed by atoms with van der Waals surface area (Å²) in [6.45, 7) is 0.324. The summed E-state index contributed by atoms with van der Waals surface area (Å²) in [5, 5.41) is 9.08. The molecule has 0 aliphatic rings. The molecule has 1 N–H and O–H groups in total. The van der Waals surface area contributed by atoms with Crippen LogP contribution in [0.5, 0.6) is 0 Å². The van der Waals surface area contributed by atoms with Crippen LogP contribution in [0.3, 0.4) is 0 Å². The Labute approximate surface area is 133 Å². The van der Waals surface area contributed by atoms with E-state index in [4.69, 9.17) is 5.11 Å². The van der Waals surface area contributed by atoms with Crippen molar-refractivity contribution < 1.29 is 9.90 Å². The first-order chi connectivity index (χ1) is 11.2. The molecule has 2 aromatic carbocycles. The van der Waals surface area contributed by atoms with E-state index in [1.165, 1.54) is 10.6 Å². The van der Waals surface area contributed by atoms with Crippen LogP contribution < -0.4 is 5.56 Å². The van der Waals surface area contributed by atoms with Crippen molar-refractivity contribution in [3.63, 3.8) is 0 Å². The SMILES string of the molecule is O=C(O)c1cccn(Cc2ccccc2-c2ccccc2)c1=O. The van der Waals surface area contributed by atoms with Crippen molar-refractivity contribution in [2.24, 2.45) is 0 Å². The number of pyridine rings is 1. The Morgan fingerprint density at radius 3 is 2.35 bits per heavy atom. The highest BCUT2D eigenvalue weighted by molar-refractivity contribution is 5.87. The van der Waals surface area contributed by atoms with Crippen molar-refractivity contribution in [3.05, 3.63) is 94.4 Å². The zero-order chi connectivity index (χ0) is 16.2. The average Bonchev–Trinajstić information content (AvgIpc) is 2.58. The highest BCUT2D eigenvalue weighted by Gasteiger charge is 2.11. The predicted molar refractivity (Wildman–Crippen MR) is 88.6 cm³/mol. The van der Waals surface area contributed by atoms with E-state index < -0.39 is 11.5 Å². The molecular formula is C19H15NO3. The van der Waals surface area contributed by atoms with E-state index >= 15 is 0 Å². The van der Waals surface area contributed by atoms with Crippen LogP contribution in [0, 0.1) is 0 Å². The molecule has 0 radical (unpaired) electrons. The van der Waals surface area contributed by atoms with Gasteiger partial charge in [-0.2, -0.15) is 0 Å². The van der Waals surface area contributed by atoms with Crippen LogP contribution in [-0.2, 0) is 6.54 Å². The van der Waals surface area contributed by atoms with Gasteiger partial charge in [0.05, 0.1) is 6.54 Å². The van der Waals surface area contributed by atoms with E-state index in [1.807, 2.05) is 54.6 Å². The lowest BCUT2D eigenvalue weighted by molar-refractivity contribution is 0.0694. The fourth-order valence-corrected chi connectivity index (χ4v) is 2.57. The predicted octanol–water partition coefficient (Wildman–Crippen LogP) is 3.26. The van der Waals surface area contributed by atoms with Crippen molar-refractivity contribution in [1.29, 1.82) is 0 Å². The molecule has 0 fully saturated rings. The molecule has 0 amide bonds. The van der Waals surface area contributed by atoms with Gasteiger partial charge in [0.2, 0.25) is 0 Å². The van der Waals surface area contributed by atoms with Crippen LogP contribution in [0.2, 0.25) is 0 Å². The van der Waals surface area contributed by atoms with Crippen LogP contribution in [0.25, 0.3) is 11.1 Å². The number of carbonyl (C=O) groups is 1. The number of rotatable bonds is 4. The van der Waals surface area contributed by atoms with Gasteiger partial charge in [0.15, 0.2) is 0 Å². The van der Waals surface area contributed by atoms with Gasteiger partial charge in [-0.15, -0.1) is 0 Å². The topological polar surface area (TPSA) is 59.3 Å². The summed E-state index contributed by atoms with van der Waals surface area (Å²) in [4.78, 5) is 23.3. The molecule has 3 aromatic rings. The molecule has 3 rings (SSSR count). The van der Waals surface area contributed by atoms with Gasteiger partial charge < -0.3 is 9.67 Å². The van der Waals surface area contributed by atoms with Crippen molar-refractivity contribution >= 4 is 5.97 Å². The van der Waals surface area contributed by atoms with Crippen LogP contribution in [0.1, 0.15) is 15.9 Å². The fourth-order valence-electron chi connectivity index (χ4n) is 2.57. The monoisotopic (exact) mass is 305 g/mol. The minimum atomic E-state index is -1.21. The summed E-state index contributed by atoms with van der Waals surface area (Å²) in [5.74, 6) is -1.21. The molecule has 0 spiro atoms. The third-order valence-corrected chi connectivity index (χ3v) is 3.69. The summed E-state index contributed by atoms with van der Waals surface area (Å²) in [7, 11) is 0. The van der Waals surface area contributed by atoms with Crippen LogP contribution in [0.15, 0.2) is 77.7 Å². The summed E-state index contributed by atoms with van der Waals surface area (Å²) < 4.78 is 1.42. The van der Waals surface area contributed by atoms with E-state index in [1.54, 1.807) is 12.3 Å². The van der Waals surface area contributed by atoms with Gasteiger partial charge in [-0.1, -0.05) is 54.6 Å². The first kappa shape index (κ1) is 14.8. The second kappa shape index (κ2) is 6.32. The number of benzene rings is 2. The zero-order valence-electron chi connectivity index (χ0n) is 12.3. The van der Waals surface area contributed by atoms with E-state index in [0.29, 0.717) is 6.54 Å². The molecular weight excluding hydrogens is 290 g/mol. The molecule has 0 unspecified atom stereocenters. The number of hydrogen-bond acceptors (Lipinski definition) is 2. The number of nitrogens with zero attached hydrogens (tertiary/aromatic N) is 1. The average molecular weight is 305 g/mol. The minimum Gasteiger partial charge on any atom is -0.477 e. The molecule has 23 heavy (non-hydrogen) atoms. The summed E-state index contributed by atoms with van der Waals surface area (Å²) in [6, 6.07) is 20.6. The second-order valence-electron chi connectivity index (χ2n) is 5.18. The van der Waals surface area contributed by atoms with Crippen molar-refractivity contribution in [2.75, 3.05) is 0 Å². The third-order valence-electron chi connectivity index (χ3n) is 3.69. The highest BCUT2D eigenvalue weighted by atomic mass is 16.4. The minimum absolute atomic E-state index is 0.218. The standard InChI is InChI=1S/C19H15NO3/c21-18-17(19(22)23)11-6-12-20(18)13-15-9-4-5-10-16(15)14-7-2-1-3-8-14/h1-12H,13H2,(H,22,23). The van der Waals surface area contributed by atoms with Crippen molar-refractivity contribution in [3.8, 4) is 11.1 Å². The Morgan fingerprint density at radius 1 is 0.913 bits per heavy atom. The van der Waals surface area contributed by atoms with Gasteiger partial charge in [0.25, 0.3) is 5.56 Å². The molecule has 1 aromatic heterocycles. The maximum absolute atomic E-state index is 12.2. The number of carboxylic acids is 1. The van der Waals surface area contributed by atoms with E-state index in [2.05, 4.69) is 0 Å². The first-order valence-corrected chi connectivity index (χ1v) is 7.23. The normalized spacial score (nSPS) is 10.4. The Balaban J connectivity index is 2.04. The van der Waals surface area contributed by atoms with Gasteiger partial charge >= 0.3 is 5.97 Å². The van der Waals surface area contributed by atoms with Gasteiger partial charge in [0.1, 0.15) is 5.56 Å². The Morgan fingerprint density at radius 2 is 1.61 bits per heavy atom. The quantitative estimate of drug-likeness (QED) is 0.805. The summed E-state index contributed by atoms with van der Waals surface area (Å²) >= 11 is 0. The first-order valence-electron chi connectivity index (χ1n) is 7.23. The maximum atomic E-state index is 12.2. The van der Waals surface area contributed by atoms with Gasteiger partial charge in [-0.05, 0) is 28.8 Å². The maximum Gasteiger partial charge on any atom is 0.341 e. The number of carboxylic acid groups (broad SMARTS) is 1. The van der Waals surface area contributed by atoms with Gasteiger partial charge in [0, 0.05) is 6.20 Å². The third kappa shape index (κ3) is 3.06. The molecule has 0 aliphatic heterocycles. The largest absolute Gasteiger partial charge is 0.477 e. The molecule has 4 heteroatoms. The zero-order valence-corrected chi connectivity index (χ0v) is 12.3. The Bertz CT molecular complexity index is 898. The molecule has 1 heterocycles. The number of hydrogen-bond donors (Lipinski definition) is 1. The lowest BCUT2D eigenvalue weighted by Crippen LogP contribution is -2.26. The van der Waals surface area contributed by atoms with Gasteiger partial charge in [-0.3, -0.25) is 4.79 Å². The van der Waals surface area contributed by atoms with Crippen molar-refractivity contribution in [1.82, 2.24) is 4.57 Å². The molecule has 0 atom stereocenters. The second-order valence-corrected chi connectivity index (χ2v) is 5.18. The molecule has 0 aliphatic carbocycles. The van der Waals surface area contributed by atoms with Crippen molar-refractivity contribution in [2.45, 2.75) is 6.54 Å². The molecule has 0 saturated carbocycles. The summed E-state index contributed by atoms with van der Waals surface area (Å²) in [5.41, 5.74) is 2.34. The molecule has 0 bridgehead atoms. The number of aromatic carboxylic acids is 1. The van der Waals surface area contributed by atoms with Crippen LogP contribution >= 0.6 is 0 Å². The lowest BCUT2D eigenvalue weighted by atomic mass is 9.99. The van der Waals surface area contributed by atoms with E-state index in [-0.39, 0.29) is 5.56 Å². The van der Waals surface area contributed by atoms with Crippen LogP contribution in [0.4, 0.5) is 0 Å². The molecule has 114 valence electrons.